The van der Waals surface area contributed by atoms with E-state index < -0.39 is 103 Å². The Bertz CT molecular complexity index is 1370. The van der Waals surface area contributed by atoms with Crippen molar-refractivity contribution in [1.29, 1.82) is 0 Å². The van der Waals surface area contributed by atoms with Gasteiger partial charge in [0.25, 0.3) is 0 Å². The zero-order chi connectivity index (χ0) is 44.4. The van der Waals surface area contributed by atoms with Crippen molar-refractivity contribution < 1.29 is 53.1 Å². The van der Waals surface area contributed by atoms with Gasteiger partial charge in [0.2, 0.25) is 41.4 Å². The lowest BCUT2D eigenvalue weighted by molar-refractivity contribution is -0.870. The third-order valence-electron chi connectivity index (χ3n) is 8.42. The van der Waals surface area contributed by atoms with E-state index in [4.69, 9.17) is 22.9 Å². The molecule has 0 aromatic heterocycles. The number of guanidine groups is 1. The van der Waals surface area contributed by atoms with Gasteiger partial charge >= 0.3 is 0 Å². The number of unbranched alkanes of at least 4 members (excludes halogenated alkanes) is 2. The molecule has 0 radical (unpaired) electrons. The number of aliphatic hydroxyl groups excluding tert-OH is 2. The van der Waals surface area contributed by atoms with Crippen LogP contribution < -0.4 is 60.2 Å². The summed E-state index contributed by atoms with van der Waals surface area (Å²) in [6.07, 6.45) is 2.29. The molecule has 0 aliphatic rings. The van der Waals surface area contributed by atoms with Gasteiger partial charge in [-0.05, 0) is 71.8 Å². The molecule has 332 valence electrons. The lowest BCUT2D eigenvalue weighted by Crippen LogP contribution is -2.61. The Morgan fingerprint density at radius 2 is 1.22 bits per heavy atom. The molecule has 0 heterocycles. The molecule has 0 unspecified atom stereocenters. The van der Waals surface area contributed by atoms with Crippen LogP contribution in [0.4, 0.5) is 0 Å². The van der Waals surface area contributed by atoms with Crippen LogP contribution >= 0.6 is 0 Å². The van der Waals surface area contributed by atoms with Gasteiger partial charge in [0.05, 0.1) is 65.6 Å². The summed E-state index contributed by atoms with van der Waals surface area (Å²) in [7, 11) is 5.96. The normalized spacial score (nSPS) is 14.8. The number of nitrogens with two attached hydrogens (primary N) is 4. The van der Waals surface area contributed by atoms with Crippen LogP contribution in [-0.4, -0.2) is 171 Å². The maximum atomic E-state index is 13.6. The lowest BCUT2D eigenvalue weighted by Gasteiger charge is -2.27. The summed E-state index contributed by atoms with van der Waals surface area (Å²) in [5, 5.41) is 37.1. The number of aldehydes is 1. The molecular weight excluding hydrogens is 762 g/mol. The maximum absolute atomic E-state index is 13.6. The number of rotatable bonds is 30. The first-order chi connectivity index (χ1) is 27.1. The van der Waals surface area contributed by atoms with E-state index in [9.17, 15) is 48.6 Å². The van der Waals surface area contributed by atoms with Crippen LogP contribution in [-0.2, 0) is 38.4 Å². The average molecular weight is 831 g/mol. The predicted octanol–water partition coefficient (Wildman–Crippen LogP) is -6.38. The fraction of sp³-hybridized carbons (Fsp3) is 0.743. The molecule has 58 heavy (non-hydrogen) atoms. The molecule has 17 N–H and O–H groups in total. The first-order valence-electron chi connectivity index (χ1n) is 19.3. The molecule has 0 saturated carbocycles. The SMILES string of the molecule is C[C@H](N)C(=O)N[C@@H](CCCN=C(N)N)C(=O)N[C@@H](CCCC[N+](C)(C)C)C(=O)N[C@@H](CO)C(=O)N[C@H](C(=O)NCC(=O)NCC(=O)N[C@H](C=O)CCCCN)[C@@H](C)O. The Kier molecular flexibility index (Phi) is 26.0. The van der Waals surface area contributed by atoms with Crippen LogP contribution in [0.5, 0.6) is 0 Å². The number of aliphatic imine (C=N–C) groups is 1. The van der Waals surface area contributed by atoms with Crippen LogP contribution in [0, 0.1) is 0 Å². The Morgan fingerprint density at radius 1 is 0.690 bits per heavy atom. The number of aliphatic hydroxyl groups is 2. The van der Waals surface area contributed by atoms with Crippen molar-refractivity contribution in [2.45, 2.75) is 108 Å². The number of carbonyl (C=O) groups excluding carboxylic acids is 8. The van der Waals surface area contributed by atoms with Gasteiger partial charge in [-0.2, -0.15) is 0 Å². The van der Waals surface area contributed by atoms with Crippen LogP contribution in [0.3, 0.4) is 0 Å². The van der Waals surface area contributed by atoms with Crippen molar-refractivity contribution in [3.8, 4) is 0 Å². The molecule has 0 aliphatic heterocycles. The monoisotopic (exact) mass is 831 g/mol. The zero-order valence-electron chi connectivity index (χ0n) is 34.4. The summed E-state index contributed by atoms with van der Waals surface area (Å²) in [5.74, 6) is -5.89. The second kappa shape index (κ2) is 28.4. The molecule has 0 aliphatic carbocycles. The third-order valence-corrected chi connectivity index (χ3v) is 8.42. The van der Waals surface area contributed by atoms with Gasteiger partial charge in [-0.3, -0.25) is 38.6 Å². The van der Waals surface area contributed by atoms with Crippen molar-refractivity contribution in [2.75, 3.05) is 60.5 Å². The molecule has 0 rings (SSSR count). The summed E-state index contributed by atoms with van der Waals surface area (Å²) >= 11 is 0. The molecule has 0 aromatic rings. The molecule has 0 bridgehead atoms. The summed E-state index contributed by atoms with van der Waals surface area (Å²) in [6.45, 7) is 1.83. The lowest BCUT2D eigenvalue weighted by atomic mass is 10.0. The second-order valence-corrected chi connectivity index (χ2v) is 14.9. The highest BCUT2D eigenvalue weighted by atomic mass is 16.3. The van der Waals surface area contributed by atoms with Crippen molar-refractivity contribution in [3.05, 3.63) is 0 Å². The van der Waals surface area contributed by atoms with Crippen molar-refractivity contribution in [1.82, 2.24) is 37.2 Å². The first-order valence-corrected chi connectivity index (χ1v) is 19.3. The summed E-state index contributed by atoms with van der Waals surface area (Å²) < 4.78 is 0.635. The van der Waals surface area contributed by atoms with E-state index in [-0.39, 0.29) is 31.8 Å². The summed E-state index contributed by atoms with van der Waals surface area (Å²) in [4.78, 5) is 105. The largest absolute Gasteiger partial charge is 0.394 e. The maximum Gasteiger partial charge on any atom is 0.245 e. The van der Waals surface area contributed by atoms with Gasteiger partial charge in [-0.1, -0.05) is 0 Å². The topological polar surface area (TPSA) is 378 Å². The van der Waals surface area contributed by atoms with Gasteiger partial charge < -0.3 is 79.6 Å². The van der Waals surface area contributed by atoms with Gasteiger partial charge in [0.1, 0.15) is 30.5 Å². The minimum absolute atomic E-state index is 0.0795. The van der Waals surface area contributed by atoms with E-state index >= 15 is 0 Å². The Hall–Kier alpha value is -4.97. The zero-order valence-corrected chi connectivity index (χ0v) is 34.4. The highest BCUT2D eigenvalue weighted by Gasteiger charge is 2.33. The van der Waals surface area contributed by atoms with E-state index in [0.717, 1.165) is 6.54 Å². The molecule has 0 saturated heterocycles. The minimum Gasteiger partial charge on any atom is -0.394 e. The van der Waals surface area contributed by atoms with E-state index in [2.05, 4.69) is 42.2 Å². The van der Waals surface area contributed by atoms with Crippen LogP contribution in [0.25, 0.3) is 0 Å². The molecule has 23 nitrogen and oxygen atoms in total. The Morgan fingerprint density at radius 3 is 1.74 bits per heavy atom. The third kappa shape index (κ3) is 23.9. The number of carbonyl (C=O) groups is 8. The van der Waals surface area contributed by atoms with E-state index in [1.54, 1.807) is 0 Å². The number of quaternary nitrogens is 1. The van der Waals surface area contributed by atoms with Crippen molar-refractivity contribution in [3.63, 3.8) is 0 Å². The van der Waals surface area contributed by atoms with Crippen molar-refractivity contribution in [2.24, 2.45) is 27.9 Å². The fourth-order valence-corrected chi connectivity index (χ4v) is 5.14. The minimum atomic E-state index is -1.66. The first kappa shape index (κ1) is 53.0. The summed E-state index contributed by atoms with van der Waals surface area (Å²) in [5.41, 5.74) is 21.9. The molecule has 0 fully saturated rings. The van der Waals surface area contributed by atoms with Gasteiger partial charge in [-0.25, -0.2) is 0 Å². The molecular formula is C35H68N13O10+. The van der Waals surface area contributed by atoms with Gasteiger partial charge in [-0.15, -0.1) is 0 Å². The molecule has 0 aromatic carbocycles. The highest BCUT2D eigenvalue weighted by molar-refractivity contribution is 5.96. The highest BCUT2D eigenvalue weighted by Crippen LogP contribution is 2.08. The second-order valence-electron chi connectivity index (χ2n) is 14.9. The molecule has 7 atom stereocenters. The number of amides is 7. The van der Waals surface area contributed by atoms with E-state index in [1.165, 1.54) is 13.8 Å². The molecule has 0 spiro atoms. The van der Waals surface area contributed by atoms with Crippen LogP contribution in [0.1, 0.15) is 65.2 Å². The average Bonchev–Trinajstić information content (AvgIpc) is 3.14. The standard InChI is InChI=1S/C35H67N13O10/c1-21(37)30(54)44-25(13-10-15-40-35(38)39)31(55)45-24(12-7-9-16-48(3,4)5)32(56)46-26(20-50)33(57)47-29(22(2)51)34(58)42-17-27(52)41-18-28(53)43-23(19-49)11-6-8-14-36/h19,21-26,29,50-51H,6-18,20,36-37H2,1-5H3,(H10-,38,39,40,41,42,43,44,45,46,47,52,53,54,55,56,57,58)/p+1/t21-,22+,23-,24-,25-,26-,29-/m0/s1. The number of hydrogen-bond acceptors (Lipinski definition) is 13. The van der Waals surface area contributed by atoms with Crippen LogP contribution in [0.2, 0.25) is 0 Å². The van der Waals surface area contributed by atoms with Gasteiger partial charge in [0.15, 0.2) is 5.96 Å². The fourth-order valence-electron chi connectivity index (χ4n) is 5.14. The molecule has 7 amide bonds. The van der Waals surface area contributed by atoms with Gasteiger partial charge in [0, 0.05) is 6.54 Å². The summed E-state index contributed by atoms with van der Waals surface area (Å²) in [6, 6.07) is -7.40. The van der Waals surface area contributed by atoms with E-state index in [0.29, 0.717) is 49.4 Å². The number of nitrogens with zero attached hydrogens (tertiary/aromatic N) is 2. The molecule has 23 heteroatoms. The number of hydrogen-bond donors (Lipinski definition) is 13. The Balaban J connectivity index is 5.72. The van der Waals surface area contributed by atoms with E-state index in [1.807, 2.05) is 21.1 Å². The Labute approximate surface area is 339 Å². The van der Waals surface area contributed by atoms with Crippen molar-refractivity contribution >= 4 is 53.6 Å². The van der Waals surface area contributed by atoms with Crippen LogP contribution in [0.15, 0.2) is 4.99 Å². The quantitative estimate of drug-likeness (QED) is 0.0105. The predicted molar refractivity (Wildman–Crippen MR) is 214 cm³/mol. The smallest absolute Gasteiger partial charge is 0.245 e. The number of nitrogens with one attached hydrogen (secondary N) is 7.